The van der Waals surface area contributed by atoms with Crippen molar-refractivity contribution >= 4 is 28.3 Å². The van der Waals surface area contributed by atoms with Gasteiger partial charge in [0.1, 0.15) is 0 Å². The van der Waals surface area contributed by atoms with Gasteiger partial charge >= 0.3 is 0 Å². The van der Waals surface area contributed by atoms with Gasteiger partial charge in [-0.05, 0) is 19.3 Å². The lowest BCUT2D eigenvalue weighted by molar-refractivity contribution is -0.139. The smallest absolute Gasteiger partial charge is 0.245 e. The van der Waals surface area contributed by atoms with Crippen molar-refractivity contribution in [1.29, 1.82) is 0 Å². The highest BCUT2D eigenvalue weighted by molar-refractivity contribution is 7.13. The summed E-state index contributed by atoms with van der Waals surface area (Å²) < 4.78 is 0. The van der Waals surface area contributed by atoms with E-state index in [4.69, 9.17) is 0 Å². The fourth-order valence-electron chi connectivity index (χ4n) is 3.22. The number of anilines is 1. The number of nitrogens with zero attached hydrogens (tertiary/aromatic N) is 2. The Morgan fingerprint density at radius 1 is 1.25 bits per heavy atom. The maximum atomic E-state index is 12.8. The second kappa shape index (κ2) is 10.4. The molecule has 134 valence electrons. The Bertz CT molecular complexity index is 498. The number of rotatable bonds is 9. The zero-order valence-corrected chi connectivity index (χ0v) is 15.4. The molecule has 1 aromatic heterocycles. The van der Waals surface area contributed by atoms with Gasteiger partial charge in [0.2, 0.25) is 11.8 Å². The second-order valence-electron chi connectivity index (χ2n) is 6.54. The molecule has 1 aliphatic rings. The number of thiazole rings is 1. The summed E-state index contributed by atoms with van der Waals surface area (Å²) >= 11 is 1.39. The third kappa shape index (κ3) is 6.23. The molecule has 1 saturated carbocycles. The Kier molecular flexibility index (Phi) is 8.22. The molecule has 0 unspecified atom stereocenters. The lowest BCUT2D eigenvalue weighted by Gasteiger charge is -2.29. The highest BCUT2D eigenvalue weighted by atomic mass is 32.1. The van der Waals surface area contributed by atoms with Gasteiger partial charge < -0.3 is 10.2 Å². The summed E-state index contributed by atoms with van der Waals surface area (Å²) in [4.78, 5) is 30.9. The van der Waals surface area contributed by atoms with E-state index in [-0.39, 0.29) is 24.3 Å². The van der Waals surface area contributed by atoms with Crippen molar-refractivity contribution in [2.75, 3.05) is 18.4 Å². The van der Waals surface area contributed by atoms with Crippen LogP contribution in [0.1, 0.15) is 64.7 Å². The molecule has 0 spiro atoms. The summed E-state index contributed by atoms with van der Waals surface area (Å²) in [5, 5.41) is 5.20. The number of carbonyl (C=O) groups is 2. The predicted octanol–water partition coefficient (Wildman–Crippen LogP) is 4.07. The van der Waals surface area contributed by atoms with Crippen molar-refractivity contribution in [3.8, 4) is 0 Å². The molecule has 1 fully saturated rings. The molecule has 1 heterocycles. The third-order valence-electron chi connectivity index (χ3n) is 4.56. The van der Waals surface area contributed by atoms with Crippen molar-refractivity contribution in [3.05, 3.63) is 11.6 Å². The fourth-order valence-corrected chi connectivity index (χ4v) is 3.77. The van der Waals surface area contributed by atoms with Gasteiger partial charge in [0.15, 0.2) is 5.13 Å². The van der Waals surface area contributed by atoms with Gasteiger partial charge in [0, 0.05) is 24.0 Å². The average molecular weight is 352 g/mol. The van der Waals surface area contributed by atoms with Crippen LogP contribution in [0.5, 0.6) is 0 Å². The summed E-state index contributed by atoms with van der Waals surface area (Å²) in [5.74, 6) is 0.127. The Balaban J connectivity index is 1.90. The monoisotopic (exact) mass is 351 g/mol. The standard InChI is InChI=1S/C18H29N3O2S/c1-2-3-4-8-12-21(17(23)15-9-6-5-7-10-15)14-16(22)20-18-19-11-13-24-18/h11,13,15H,2-10,12,14H2,1H3,(H,19,20,22). The molecule has 1 aliphatic carbocycles. The fraction of sp³-hybridized carbons (Fsp3) is 0.722. The van der Waals surface area contributed by atoms with E-state index in [1.807, 2.05) is 5.38 Å². The molecule has 2 rings (SSSR count). The van der Waals surface area contributed by atoms with Crippen molar-refractivity contribution < 1.29 is 9.59 Å². The van der Waals surface area contributed by atoms with Gasteiger partial charge in [-0.2, -0.15) is 0 Å². The number of hydrogen-bond donors (Lipinski definition) is 1. The Hall–Kier alpha value is -1.43. The van der Waals surface area contributed by atoms with Crippen LogP contribution in [0.2, 0.25) is 0 Å². The van der Waals surface area contributed by atoms with Crippen LogP contribution in [-0.4, -0.2) is 34.8 Å². The van der Waals surface area contributed by atoms with E-state index in [0.29, 0.717) is 11.7 Å². The number of unbranched alkanes of at least 4 members (excludes halogenated alkanes) is 3. The number of amides is 2. The predicted molar refractivity (Wildman–Crippen MR) is 98.0 cm³/mol. The first kappa shape index (κ1) is 18.9. The molecule has 0 aromatic carbocycles. The van der Waals surface area contributed by atoms with Gasteiger partial charge in [-0.15, -0.1) is 11.3 Å². The summed E-state index contributed by atoms with van der Waals surface area (Å²) in [6, 6.07) is 0. The van der Waals surface area contributed by atoms with Crippen LogP contribution in [0.3, 0.4) is 0 Å². The second-order valence-corrected chi connectivity index (χ2v) is 7.44. The van der Waals surface area contributed by atoms with E-state index in [2.05, 4.69) is 17.2 Å². The summed E-state index contributed by atoms with van der Waals surface area (Å²) in [6.45, 7) is 2.99. The van der Waals surface area contributed by atoms with E-state index in [1.165, 1.54) is 30.6 Å². The highest BCUT2D eigenvalue weighted by Crippen LogP contribution is 2.25. The van der Waals surface area contributed by atoms with E-state index in [0.717, 1.165) is 38.5 Å². The van der Waals surface area contributed by atoms with Gasteiger partial charge in [-0.3, -0.25) is 9.59 Å². The molecule has 0 bridgehead atoms. The highest BCUT2D eigenvalue weighted by Gasteiger charge is 2.27. The first-order valence-corrected chi connectivity index (χ1v) is 10.1. The molecule has 0 aliphatic heterocycles. The number of carbonyl (C=O) groups excluding carboxylic acids is 2. The van der Waals surface area contributed by atoms with E-state index < -0.39 is 0 Å². The van der Waals surface area contributed by atoms with Crippen molar-refractivity contribution in [2.24, 2.45) is 5.92 Å². The van der Waals surface area contributed by atoms with Crippen molar-refractivity contribution in [1.82, 2.24) is 9.88 Å². The van der Waals surface area contributed by atoms with Gasteiger partial charge in [0.05, 0.1) is 6.54 Å². The number of hydrogen-bond acceptors (Lipinski definition) is 4. The SMILES string of the molecule is CCCCCCN(CC(=O)Nc1nccs1)C(=O)C1CCCCC1. The van der Waals surface area contributed by atoms with Gasteiger partial charge in [-0.25, -0.2) is 4.98 Å². The lowest BCUT2D eigenvalue weighted by atomic mass is 9.88. The minimum Gasteiger partial charge on any atom is -0.333 e. The molecule has 1 N–H and O–H groups in total. The Morgan fingerprint density at radius 2 is 2.04 bits per heavy atom. The summed E-state index contributed by atoms with van der Waals surface area (Å²) in [7, 11) is 0. The lowest BCUT2D eigenvalue weighted by Crippen LogP contribution is -2.42. The molecule has 0 atom stereocenters. The average Bonchev–Trinajstić information content (AvgIpc) is 3.10. The van der Waals surface area contributed by atoms with Crippen LogP contribution in [0.15, 0.2) is 11.6 Å². The first-order valence-electron chi connectivity index (χ1n) is 9.19. The molecule has 5 nitrogen and oxygen atoms in total. The van der Waals surface area contributed by atoms with Crippen LogP contribution in [0.25, 0.3) is 0 Å². The summed E-state index contributed by atoms with van der Waals surface area (Å²) in [6.07, 6.45) is 11.5. The van der Waals surface area contributed by atoms with Crippen molar-refractivity contribution in [3.63, 3.8) is 0 Å². The molecule has 2 amide bonds. The first-order chi connectivity index (χ1) is 11.7. The van der Waals surface area contributed by atoms with Crippen LogP contribution in [0, 0.1) is 5.92 Å². The number of aromatic nitrogens is 1. The maximum Gasteiger partial charge on any atom is 0.245 e. The molecule has 0 saturated heterocycles. The maximum absolute atomic E-state index is 12.8. The van der Waals surface area contributed by atoms with E-state index in [9.17, 15) is 9.59 Å². The zero-order valence-electron chi connectivity index (χ0n) is 14.6. The minimum absolute atomic E-state index is 0.109. The zero-order chi connectivity index (χ0) is 17.2. The van der Waals surface area contributed by atoms with Crippen LogP contribution in [0.4, 0.5) is 5.13 Å². The minimum atomic E-state index is -0.149. The molecule has 0 radical (unpaired) electrons. The van der Waals surface area contributed by atoms with Crippen LogP contribution < -0.4 is 5.32 Å². The van der Waals surface area contributed by atoms with Gasteiger partial charge in [-0.1, -0.05) is 45.4 Å². The van der Waals surface area contributed by atoms with Crippen LogP contribution >= 0.6 is 11.3 Å². The normalized spacial score (nSPS) is 15.2. The molecule has 6 heteroatoms. The Labute approximate surface area is 148 Å². The molecule has 1 aromatic rings. The third-order valence-corrected chi connectivity index (χ3v) is 5.25. The Morgan fingerprint density at radius 3 is 2.71 bits per heavy atom. The molecule has 24 heavy (non-hydrogen) atoms. The number of nitrogens with one attached hydrogen (secondary N) is 1. The van der Waals surface area contributed by atoms with Crippen molar-refractivity contribution in [2.45, 2.75) is 64.7 Å². The van der Waals surface area contributed by atoms with E-state index >= 15 is 0 Å². The molecular formula is C18H29N3O2S. The van der Waals surface area contributed by atoms with Gasteiger partial charge in [0.25, 0.3) is 0 Å². The van der Waals surface area contributed by atoms with Crippen LogP contribution in [-0.2, 0) is 9.59 Å². The topological polar surface area (TPSA) is 62.3 Å². The quantitative estimate of drug-likeness (QED) is 0.682. The van der Waals surface area contributed by atoms with E-state index in [1.54, 1.807) is 11.1 Å². The largest absolute Gasteiger partial charge is 0.333 e. The molecular weight excluding hydrogens is 322 g/mol. The summed E-state index contributed by atoms with van der Waals surface area (Å²) in [5.41, 5.74) is 0.